The van der Waals surface area contributed by atoms with Crippen LogP contribution in [0, 0.1) is 11.3 Å². The molecule has 1 N–H and O–H groups in total. The highest BCUT2D eigenvalue weighted by atomic mass is 16.2. The van der Waals surface area contributed by atoms with E-state index in [4.69, 9.17) is 5.26 Å². The first-order valence-corrected chi connectivity index (χ1v) is 8.29. The molecule has 0 bridgehead atoms. The van der Waals surface area contributed by atoms with Crippen molar-refractivity contribution in [1.82, 2.24) is 20.2 Å². The Hall–Kier alpha value is -3.14. The molecule has 2 amide bonds. The lowest BCUT2D eigenvalue weighted by Gasteiger charge is -2.35. The van der Waals surface area contributed by atoms with Crippen molar-refractivity contribution in [3.8, 4) is 6.07 Å². The van der Waals surface area contributed by atoms with Crippen molar-refractivity contribution < 1.29 is 4.79 Å². The number of hydrogen-bond donors (Lipinski definition) is 1. The van der Waals surface area contributed by atoms with Crippen LogP contribution >= 0.6 is 0 Å². The highest BCUT2D eigenvalue weighted by Crippen LogP contribution is 2.14. The molecule has 1 fully saturated rings. The van der Waals surface area contributed by atoms with Crippen LogP contribution in [0.4, 0.5) is 10.6 Å². The second kappa shape index (κ2) is 8.11. The SMILES string of the molecule is N#Cc1ccnc(N2CCN(C(=O)NCCc3cccnc3)CC2)c1. The molecule has 25 heavy (non-hydrogen) atoms. The van der Waals surface area contributed by atoms with E-state index in [0.717, 1.165) is 17.8 Å². The van der Waals surface area contributed by atoms with Gasteiger partial charge in [-0.05, 0) is 30.2 Å². The first-order valence-electron chi connectivity index (χ1n) is 8.29. The minimum atomic E-state index is -0.0396. The van der Waals surface area contributed by atoms with Crippen molar-refractivity contribution in [3.63, 3.8) is 0 Å². The van der Waals surface area contributed by atoms with Gasteiger partial charge in [0.1, 0.15) is 5.82 Å². The van der Waals surface area contributed by atoms with Crippen LogP contribution in [0.2, 0.25) is 0 Å². The maximum absolute atomic E-state index is 12.3. The van der Waals surface area contributed by atoms with Gasteiger partial charge in [-0.25, -0.2) is 9.78 Å². The monoisotopic (exact) mass is 336 g/mol. The predicted octanol–water partition coefficient (Wildman–Crippen LogP) is 1.42. The van der Waals surface area contributed by atoms with E-state index in [1.807, 2.05) is 23.2 Å². The molecular formula is C18H20N6O. The van der Waals surface area contributed by atoms with E-state index >= 15 is 0 Å². The van der Waals surface area contributed by atoms with Crippen LogP contribution in [-0.2, 0) is 6.42 Å². The fraction of sp³-hybridized carbons (Fsp3) is 0.333. The van der Waals surface area contributed by atoms with E-state index in [0.29, 0.717) is 38.3 Å². The van der Waals surface area contributed by atoms with Gasteiger partial charge in [0.2, 0.25) is 0 Å². The van der Waals surface area contributed by atoms with Crippen LogP contribution in [0.1, 0.15) is 11.1 Å². The maximum atomic E-state index is 12.3. The summed E-state index contributed by atoms with van der Waals surface area (Å²) in [4.78, 5) is 24.5. The number of carbonyl (C=O) groups is 1. The maximum Gasteiger partial charge on any atom is 0.317 e. The van der Waals surface area contributed by atoms with E-state index in [-0.39, 0.29) is 6.03 Å². The van der Waals surface area contributed by atoms with Crippen molar-refractivity contribution in [2.24, 2.45) is 0 Å². The standard InChI is InChI=1S/C18H20N6O/c19-13-16-4-6-21-17(12-16)23-8-10-24(11-9-23)18(25)22-7-3-15-2-1-5-20-14-15/h1-2,4-6,12,14H,3,7-11H2,(H,22,25). The van der Waals surface area contributed by atoms with Crippen molar-refractivity contribution in [3.05, 3.63) is 54.0 Å². The molecule has 1 aliphatic heterocycles. The number of pyridine rings is 2. The summed E-state index contributed by atoms with van der Waals surface area (Å²) in [6.45, 7) is 3.28. The lowest BCUT2D eigenvalue weighted by atomic mass is 10.2. The quantitative estimate of drug-likeness (QED) is 0.913. The fourth-order valence-corrected chi connectivity index (χ4v) is 2.77. The molecule has 3 heterocycles. The molecule has 2 aromatic heterocycles. The molecule has 0 radical (unpaired) electrons. The van der Waals surface area contributed by atoms with E-state index < -0.39 is 0 Å². The summed E-state index contributed by atoms with van der Waals surface area (Å²) in [6, 6.07) is 9.45. The zero-order chi connectivity index (χ0) is 17.5. The Bertz CT molecular complexity index is 750. The third-order valence-corrected chi connectivity index (χ3v) is 4.18. The van der Waals surface area contributed by atoms with Crippen molar-refractivity contribution in [2.75, 3.05) is 37.6 Å². The van der Waals surface area contributed by atoms with Crippen LogP contribution in [0.5, 0.6) is 0 Å². The molecule has 7 nitrogen and oxygen atoms in total. The Kier molecular flexibility index (Phi) is 5.42. The molecule has 3 rings (SSSR count). The summed E-state index contributed by atoms with van der Waals surface area (Å²) in [7, 11) is 0. The summed E-state index contributed by atoms with van der Waals surface area (Å²) < 4.78 is 0. The van der Waals surface area contributed by atoms with Gasteiger partial charge in [-0.3, -0.25) is 4.98 Å². The second-order valence-electron chi connectivity index (χ2n) is 5.83. The molecule has 0 spiro atoms. The number of piperazine rings is 1. The van der Waals surface area contributed by atoms with Crippen LogP contribution in [0.15, 0.2) is 42.9 Å². The normalized spacial score (nSPS) is 14.0. The number of amides is 2. The number of nitriles is 1. The molecule has 7 heteroatoms. The van der Waals surface area contributed by atoms with Gasteiger partial charge in [-0.2, -0.15) is 5.26 Å². The van der Waals surface area contributed by atoms with Crippen molar-refractivity contribution in [2.45, 2.75) is 6.42 Å². The molecule has 0 atom stereocenters. The van der Waals surface area contributed by atoms with Gasteiger partial charge in [0.25, 0.3) is 0 Å². The Balaban J connectivity index is 1.45. The second-order valence-corrected chi connectivity index (χ2v) is 5.83. The molecule has 1 aliphatic rings. The summed E-state index contributed by atoms with van der Waals surface area (Å²) >= 11 is 0. The topological polar surface area (TPSA) is 85.2 Å². The zero-order valence-electron chi connectivity index (χ0n) is 13.9. The summed E-state index contributed by atoms with van der Waals surface area (Å²) in [5.41, 5.74) is 1.71. The van der Waals surface area contributed by atoms with E-state index in [1.165, 1.54) is 0 Å². The average molecular weight is 336 g/mol. The third kappa shape index (κ3) is 4.44. The number of rotatable bonds is 4. The van der Waals surface area contributed by atoms with Crippen LogP contribution < -0.4 is 10.2 Å². The molecular weight excluding hydrogens is 316 g/mol. The summed E-state index contributed by atoms with van der Waals surface area (Å²) in [6.07, 6.45) is 5.96. The highest BCUT2D eigenvalue weighted by Gasteiger charge is 2.21. The van der Waals surface area contributed by atoms with Crippen molar-refractivity contribution in [1.29, 1.82) is 5.26 Å². The molecule has 0 aliphatic carbocycles. The van der Waals surface area contributed by atoms with Gasteiger partial charge in [-0.1, -0.05) is 6.07 Å². The minimum Gasteiger partial charge on any atom is -0.353 e. The largest absolute Gasteiger partial charge is 0.353 e. The van der Waals surface area contributed by atoms with Crippen LogP contribution in [0.25, 0.3) is 0 Å². The molecule has 1 saturated heterocycles. The predicted molar refractivity (Wildman–Crippen MR) is 94.1 cm³/mol. The number of nitrogens with zero attached hydrogens (tertiary/aromatic N) is 5. The van der Waals surface area contributed by atoms with Gasteiger partial charge in [0, 0.05) is 51.3 Å². The molecule has 128 valence electrons. The number of carbonyl (C=O) groups excluding carboxylic acids is 1. The van der Waals surface area contributed by atoms with Crippen LogP contribution in [0.3, 0.4) is 0 Å². The van der Waals surface area contributed by atoms with Gasteiger partial charge in [-0.15, -0.1) is 0 Å². The molecule has 0 saturated carbocycles. The highest BCUT2D eigenvalue weighted by molar-refractivity contribution is 5.74. The number of hydrogen-bond acceptors (Lipinski definition) is 5. The molecule has 2 aromatic rings. The van der Waals surface area contributed by atoms with Gasteiger partial charge in [0.05, 0.1) is 11.6 Å². The average Bonchev–Trinajstić information content (AvgIpc) is 2.69. The third-order valence-electron chi connectivity index (χ3n) is 4.18. The zero-order valence-corrected chi connectivity index (χ0v) is 13.9. The van der Waals surface area contributed by atoms with Crippen molar-refractivity contribution >= 4 is 11.8 Å². The van der Waals surface area contributed by atoms with Crippen LogP contribution in [-0.4, -0.2) is 53.6 Å². The lowest BCUT2D eigenvalue weighted by Crippen LogP contribution is -2.52. The first-order chi connectivity index (χ1) is 12.3. The number of urea groups is 1. The molecule has 0 aromatic carbocycles. The Labute approximate surface area is 146 Å². The summed E-state index contributed by atoms with van der Waals surface area (Å²) in [5, 5.41) is 11.9. The van der Waals surface area contributed by atoms with E-state index in [1.54, 1.807) is 24.5 Å². The summed E-state index contributed by atoms with van der Waals surface area (Å²) in [5.74, 6) is 0.788. The Morgan fingerprint density at radius 2 is 2.08 bits per heavy atom. The number of anilines is 1. The molecule has 0 unspecified atom stereocenters. The van der Waals surface area contributed by atoms with E-state index in [2.05, 4.69) is 26.3 Å². The minimum absolute atomic E-state index is 0.0396. The lowest BCUT2D eigenvalue weighted by molar-refractivity contribution is 0.194. The number of nitrogens with one attached hydrogen (secondary N) is 1. The Morgan fingerprint density at radius 3 is 2.80 bits per heavy atom. The van der Waals surface area contributed by atoms with Gasteiger partial charge >= 0.3 is 6.03 Å². The van der Waals surface area contributed by atoms with E-state index in [9.17, 15) is 4.79 Å². The smallest absolute Gasteiger partial charge is 0.317 e. The fourth-order valence-electron chi connectivity index (χ4n) is 2.77. The first kappa shape index (κ1) is 16.7. The number of aromatic nitrogens is 2. The Morgan fingerprint density at radius 1 is 1.24 bits per heavy atom. The van der Waals surface area contributed by atoms with Gasteiger partial charge < -0.3 is 15.1 Å². The van der Waals surface area contributed by atoms with Gasteiger partial charge in [0.15, 0.2) is 0 Å².